The molecule has 0 atom stereocenters. The summed E-state index contributed by atoms with van der Waals surface area (Å²) >= 11 is 0. The van der Waals surface area contributed by atoms with E-state index in [9.17, 15) is 4.79 Å². The zero-order valence-corrected chi connectivity index (χ0v) is 10.7. The minimum atomic E-state index is -0.689. The molecule has 19 heavy (non-hydrogen) atoms. The molecule has 0 bridgehead atoms. The van der Waals surface area contributed by atoms with E-state index in [-0.39, 0.29) is 12.0 Å². The van der Waals surface area contributed by atoms with Crippen LogP contribution in [0, 0.1) is 5.92 Å². The number of rotatable bonds is 5. The molecule has 1 heterocycles. The standard InChI is InChI=1S/C13H18N2O4/c16-13(17)9-3-5-10(6-4-9)18-7-11-14-12(19-15-11)8-1-2-8/h8-10H,1-7H2,(H,16,17). The Kier molecular flexibility index (Phi) is 3.50. The molecule has 6 nitrogen and oxygen atoms in total. The van der Waals surface area contributed by atoms with Crippen molar-refractivity contribution in [3.63, 3.8) is 0 Å². The number of ether oxygens (including phenoxy) is 1. The first-order valence-corrected chi connectivity index (χ1v) is 6.89. The summed E-state index contributed by atoms with van der Waals surface area (Å²) in [4.78, 5) is 15.1. The molecule has 0 spiro atoms. The topological polar surface area (TPSA) is 85.5 Å². The smallest absolute Gasteiger partial charge is 0.306 e. The molecule has 0 unspecified atom stereocenters. The normalized spacial score (nSPS) is 27.4. The van der Waals surface area contributed by atoms with Gasteiger partial charge in [0.25, 0.3) is 0 Å². The summed E-state index contributed by atoms with van der Waals surface area (Å²) in [7, 11) is 0. The maximum Gasteiger partial charge on any atom is 0.306 e. The average Bonchev–Trinajstić information content (AvgIpc) is 3.16. The van der Waals surface area contributed by atoms with Gasteiger partial charge >= 0.3 is 5.97 Å². The molecule has 0 amide bonds. The second-order valence-corrected chi connectivity index (χ2v) is 5.45. The summed E-state index contributed by atoms with van der Waals surface area (Å²) in [5, 5.41) is 12.8. The maximum atomic E-state index is 10.8. The van der Waals surface area contributed by atoms with Crippen molar-refractivity contribution < 1.29 is 19.2 Å². The molecule has 2 aliphatic rings. The Bertz CT molecular complexity index is 447. The van der Waals surface area contributed by atoms with Crippen molar-refractivity contribution in [2.75, 3.05) is 0 Å². The Morgan fingerprint density at radius 3 is 2.63 bits per heavy atom. The van der Waals surface area contributed by atoms with Crippen LogP contribution in [0.15, 0.2) is 4.52 Å². The Morgan fingerprint density at radius 2 is 2.00 bits per heavy atom. The highest BCUT2D eigenvalue weighted by molar-refractivity contribution is 5.70. The third kappa shape index (κ3) is 3.12. The summed E-state index contributed by atoms with van der Waals surface area (Å²) in [5.41, 5.74) is 0. The lowest BCUT2D eigenvalue weighted by Gasteiger charge is -2.25. The van der Waals surface area contributed by atoms with Crippen LogP contribution in [0.1, 0.15) is 56.2 Å². The Morgan fingerprint density at radius 1 is 1.26 bits per heavy atom. The Hall–Kier alpha value is -1.43. The first-order valence-electron chi connectivity index (χ1n) is 6.89. The lowest BCUT2D eigenvalue weighted by atomic mass is 9.87. The van der Waals surface area contributed by atoms with Crippen molar-refractivity contribution in [3.05, 3.63) is 11.7 Å². The number of nitrogens with zero attached hydrogens (tertiary/aromatic N) is 2. The van der Waals surface area contributed by atoms with Gasteiger partial charge in [-0.3, -0.25) is 4.79 Å². The van der Waals surface area contributed by atoms with E-state index < -0.39 is 5.97 Å². The van der Waals surface area contributed by atoms with E-state index >= 15 is 0 Å². The molecule has 104 valence electrons. The van der Waals surface area contributed by atoms with Gasteiger partial charge in [0.2, 0.25) is 5.89 Å². The van der Waals surface area contributed by atoms with Crippen LogP contribution in [0.25, 0.3) is 0 Å². The molecule has 1 N–H and O–H groups in total. The van der Waals surface area contributed by atoms with Gasteiger partial charge in [-0.25, -0.2) is 0 Å². The minimum absolute atomic E-state index is 0.124. The van der Waals surface area contributed by atoms with Crippen molar-refractivity contribution in [2.45, 2.75) is 57.2 Å². The van der Waals surface area contributed by atoms with E-state index in [1.807, 2.05) is 0 Å². The van der Waals surface area contributed by atoms with Gasteiger partial charge in [0.05, 0.1) is 12.0 Å². The van der Waals surface area contributed by atoms with Gasteiger partial charge in [-0.2, -0.15) is 4.98 Å². The Labute approximate surface area is 111 Å². The van der Waals surface area contributed by atoms with E-state index in [1.165, 1.54) is 0 Å². The summed E-state index contributed by atoms with van der Waals surface area (Å²) < 4.78 is 10.9. The van der Waals surface area contributed by atoms with E-state index in [2.05, 4.69) is 10.1 Å². The highest BCUT2D eigenvalue weighted by Gasteiger charge is 2.30. The number of carboxylic acid groups (broad SMARTS) is 1. The maximum absolute atomic E-state index is 10.8. The number of hydrogen-bond donors (Lipinski definition) is 1. The molecule has 0 radical (unpaired) electrons. The molecule has 0 saturated heterocycles. The molecule has 1 aromatic rings. The molecular weight excluding hydrogens is 248 g/mol. The number of carbonyl (C=O) groups is 1. The van der Waals surface area contributed by atoms with E-state index in [0.29, 0.717) is 31.2 Å². The predicted octanol–water partition coefficient (Wildman–Crippen LogP) is 2.11. The van der Waals surface area contributed by atoms with Gasteiger partial charge in [-0.1, -0.05) is 5.16 Å². The number of carboxylic acids is 1. The molecule has 2 saturated carbocycles. The molecular formula is C13H18N2O4. The lowest BCUT2D eigenvalue weighted by molar-refractivity contribution is -0.143. The lowest BCUT2D eigenvalue weighted by Crippen LogP contribution is -2.26. The summed E-state index contributed by atoms with van der Waals surface area (Å²) in [6.07, 6.45) is 5.38. The molecule has 0 aliphatic heterocycles. The second-order valence-electron chi connectivity index (χ2n) is 5.45. The zero-order valence-electron chi connectivity index (χ0n) is 10.7. The van der Waals surface area contributed by atoms with Crippen LogP contribution >= 0.6 is 0 Å². The van der Waals surface area contributed by atoms with Crippen LogP contribution in [0.2, 0.25) is 0 Å². The van der Waals surface area contributed by atoms with Crippen LogP contribution in [-0.4, -0.2) is 27.3 Å². The zero-order chi connectivity index (χ0) is 13.2. The van der Waals surface area contributed by atoms with Crippen LogP contribution in [0.5, 0.6) is 0 Å². The predicted molar refractivity (Wildman–Crippen MR) is 64.4 cm³/mol. The fourth-order valence-electron chi connectivity index (χ4n) is 2.49. The van der Waals surface area contributed by atoms with Crippen molar-refractivity contribution in [1.82, 2.24) is 10.1 Å². The highest BCUT2D eigenvalue weighted by Crippen LogP contribution is 2.38. The number of aliphatic carboxylic acids is 1. The molecule has 1 aromatic heterocycles. The summed E-state index contributed by atoms with van der Waals surface area (Å²) in [6, 6.07) is 0. The monoisotopic (exact) mass is 266 g/mol. The third-order valence-corrected chi connectivity index (χ3v) is 3.88. The van der Waals surface area contributed by atoms with Gasteiger partial charge in [-0.05, 0) is 38.5 Å². The molecule has 3 rings (SSSR count). The van der Waals surface area contributed by atoms with Gasteiger partial charge in [0.15, 0.2) is 5.82 Å². The number of aromatic nitrogens is 2. The quantitative estimate of drug-likeness (QED) is 0.878. The SMILES string of the molecule is O=C(O)C1CCC(OCc2noc(C3CC3)n2)CC1. The van der Waals surface area contributed by atoms with E-state index in [0.717, 1.165) is 31.6 Å². The van der Waals surface area contributed by atoms with Crippen LogP contribution in [-0.2, 0) is 16.1 Å². The first kappa shape index (κ1) is 12.6. The molecule has 0 aromatic carbocycles. The highest BCUT2D eigenvalue weighted by atomic mass is 16.5. The Balaban J connectivity index is 1.43. The van der Waals surface area contributed by atoms with Crippen molar-refractivity contribution in [3.8, 4) is 0 Å². The van der Waals surface area contributed by atoms with Crippen LogP contribution in [0.4, 0.5) is 0 Å². The molecule has 2 aliphatic carbocycles. The van der Waals surface area contributed by atoms with E-state index in [4.69, 9.17) is 14.4 Å². The van der Waals surface area contributed by atoms with Gasteiger partial charge in [0, 0.05) is 5.92 Å². The summed E-state index contributed by atoms with van der Waals surface area (Å²) in [6.45, 7) is 0.360. The van der Waals surface area contributed by atoms with Crippen molar-refractivity contribution in [1.29, 1.82) is 0 Å². The minimum Gasteiger partial charge on any atom is -0.481 e. The number of hydrogen-bond acceptors (Lipinski definition) is 5. The average molecular weight is 266 g/mol. The van der Waals surface area contributed by atoms with Gasteiger partial charge in [-0.15, -0.1) is 0 Å². The largest absolute Gasteiger partial charge is 0.481 e. The fourth-order valence-corrected chi connectivity index (χ4v) is 2.49. The second kappa shape index (κ2) is 5.28. The molecule has 6 heteroatoms. The van der Waals surface area contributed by atoms with Gasteiger partial charge < -0.3 is 14.4 Å². The summed E-state index contributed by atoms with van der Waals surface area (Å²) in [5.74, 6) is 0.903. The first-order chi connectivity index (χ1) is 9.22. The van der Waals surface area contributed by atoms with Crippen LogP contribution < -0.4 is 0 Å². The third-order valence-electron chi connectivity index (χ3n) is 3.88. The molecule has 2 fully saturated rings. The van der Waals surface area contributed by atoms with E-state index in [1.54, 1.807) is 0 Å². The van der Waals surface area contributed by atoms with Crippen molar-refractivity contribution >= 4 is 5.97 Å². The van der Waals surface area contributed by atoms with Gasteiger partial charge in [0.1, 0.15) is 6.61 Å². The van der Waals surface area contributed by atoms with Crippen molar-refractivity contribution in [2.24, 2.45) is 5.92 Å². The fraction of sp³-hybridized carbons (Fsp3) is 0.769. The van der Waals surface area contributed by atoms with Crippen LogP contribution in [0.3, 0.4) is 0 Å².